The summed E-state index contributed by atoms with van der Waals surface area (Å²) >= 11 is 7.46. The number of aromatic nitrogens is 1. The van der Waals surface area contributed by atoms with E-state index in [0.717, 1.165) is 29.1 Å². The zero-order valence-corrected chi connectivity index (χ0v) is 16.2. The fourth-order valence-corrected chi connectivity index (χ4v) is 3.66. The molecule has 1 amide bonds. The zero-order valence-electron chi connectivity index (χ0n) is 14.6. The molecule has 3 aromatic rings. The molecule has 5 heteroatoms. The molecule has 1 N–H and O–H groups in total. The van der Waals surface area contributed by atoms with Crippen molar-refractivity contribution in [2.75, 3.05) is 0 Å². The number of nitrogens with zero attached hydrogens (tertiary/aromatic N) is 1. The second kappa shape index (κ2) is 8.97. The lowest BCUT2D eigenvalue weighted by Crippen LogP contribution is -2.34. The van der Waals surface area contributed by atoms with Crippen LogP contribution in [0.4, 0.5) is 0 Å². The third-order valence-corrected chi connectivity index (χ3v) is 5.29. The second-order valence-electron chi connectivity index (χ2n) is 6.32. The summed E-state index contributed by atoms with van der Waals surface area (Å²) in [6, 6.07) is 18.0. The number of amides is 1. The maximum atomic E-state index is 12.3. The van der Waals surface area contributed by atoms with Crippen molar-refractivity contribution in [3.8, 4) is 10.6 Å². The lowest BCUT2D eigenvalue weighted by Gasteiger charge is -2.13. The number of carbonyl (C=O) groups excluding carboxylic acids is 1. The largest absolute Gasteiger partial charge is 0.353 e. The van der Waals surface area contributed by atoms with Crippen LogP contribution < -0.4 is 5.32 Å². The fourth-order valence-electron chi connectivity index (χ4n) is 2.70. The number of rotatable bonds is 7. The standard InChI is InChI=1S/C21H21ClN2OS/c1-15(7-8-16-5-3-2-4-6-16)23-20(25)13-19-14-26-21(24-19)17-9-11-18(22)12-10-17/h2-6,9-12,14-15H,7-8,13H2,1H3,(H,23,25). The molecular formula is C21H21ClN2OS. The highest BCUT2D eigenvalue weighted by Crippen LogP contribution is 2.25. The number of aryl methyl sites for hydroxylation is 1. The molecule has 1 unspecified atom stereocenters. The Kier molecular flexibility index (Phi) is 6.42. The van der Waals surface area contributed by atoms with E-state index in [9.17, 15) is 4.79 Å². The van der Waals surface area contributed by atoms with Crippen molar-refractivity contribution in [3.05, 3.63) is 76.3 Å². The van der Waals surface area contributed by atoms with Gasteiger partial charge in [-0.2, -0.15) is 0 Å². The molecule has 3 rings (SSSR count). The molecule has 0 aliphatic heterocycles. The van der Waals surface area contributed by atoms with E-state index in [2.05, 4.69) is 22.4 Å². The Labute approximate surface area is 163 Å². The van der Waals surface area contributed by atoms with Crippen LogP contribution in [0.5, 0.6) is 0 Å². The van der Waals surface area contributed by atoms with Gasteiger partial charge in [-0.05, 0) is 37.5 Å². The second-order valence-corrected chi connectivity index (χ2v) is 7.62. The van der Waals surface area contributed by atoms with E-state index in [4.69, 9.17) is 11.6 Å². The van der Waals surface area contributed by atoms with Crippen LogP contribution in [-0.2, 0) is 17.6 Å². The van der Waals surface area contributed by atoms with Gasteiger partial charge in [0.15, 0.2) is 0 Å². The molecular weight excluding hydrogens is 364 g/mol. The van der Waals surface area contributed by atoms with Crippen LogP contribution in [0.25, 0.3) is 10.6 Å². The number of hydrogen-bond donors (Lipinski definition) is 1. The van der Waals surface area contributed by atoms with Crippen molar-refractivity contribution in [1.82, 2.24) is 10.3 Å². The van der Waals surface area contributed by atoms with Crippen molar-refractivity contribution in [3.63, 3.8) is 0 Å². The first-order chi connectivity index (χ1) is 12.6. The highest BCUT2D eigenvalue weighted by atomic mass is 35.5. The molecule has 0 saturated heterocycles. The first-order valence-corrected chi connectivity index (χ1v) is 9.89. The Morgan fingerprint density at radius 3 is 2.62 bits per heavy atom. The van der Waals surface area contributed by atoms with Gasteiger partial charge in [-0.1, -0.05) is 54.1 Å². The van der Waals surface area contributed by atoms with Gasteiger partial charge in [0.25, 0.3) is 0 Å². The van der Waals surface area contributed by atoms with Gasteiger partial charge in [0.05, 0.1) is 12.1 Å². The van der Waals surface area contributed by atoms with Gasteiger partial charge in [0, 0.05) is 22.0 Å². The van der Waals surface area contributed by atoms with Crippen LogP contribution in [0.15, 0.2) is 60.0 Å². The molecule has 26 heavy (non-hydrogen) atoms. The van der Waals surface area contributed by atoms with Crippen molar-refractivity contribution in [1.29, 1.82) is 0 Å². The molecule has 0 saturated carbocycles. The quantitative estimate of drug-likeness (QED) is 0.612. The minimum atomic E-state index is 0.0125. The Balaban J connectivity index is 1.49. The Morgan fingerprint density at radius 2 is 1.88 bits per heavy atom. The molecule has 2 aromatic carbocycles. The number of nitrogens with one attached hydrogen (secondary N) is 1. The molecule has 0 radical (unpaired) electrons. The number of hydrogen-bond acceptors (Lipinski definition) is 3. The number of thiazole rings is 1. The predicted molar refractivity (Wildman–Crippen MR) is 109 cm³/mol. The van der Waals surface area contributed by atoms with Crippen LogP contribution in [0.2, 0.25) is 5.02 Å². The van der Waals surface area contributed by atoms with E-state index in [-0.39, 0.29) is 11.9 Å². The third kappa shape index (κ3) is 5.41. The topological polar surface area (TPSA) is 42.0 Å². The molecule has 0 fully saturated rings. The molecule has 1 heterocycles. The molecule has 1 aromatic heterocycles. The molecule has 0 aliphatic rings. The molecule has 1 atom stereocenters. The summed E-state index contributed by atoms with van der Waals surface area (Å²) in [5, 5.41) is 6.61. The maximum Gasteiger partial charge on any atom is 0.226 e. The monoisotopic (exact) mass is 384 g/mol. The summed E-state index contributed by atoms with van der Waals surface area (Å²) in [5.41, 5.74) is 3.11. The predicted octanol–water partition coefficient (Wildman–Crippen LogP) is 5.14. The normalized spacial score (nSPS) is 11.9. The molecule has 3 nitrogen and oxygen atoms in total. The van der Waals surface area contributed by atoms with Gasteiger partial charge in [-0.25, -0.2) is 4.98 Å². The molecule has 0 spiro atoms. The van der Waals surface area contributed by atoms with Crippen molar-refractivity contribution in [2.24, 2.45) is 0 Å². The van der Waals surface area contributed by atoms with Crippen molar-refractivity contribution >= 4 is 28.8 Å². The average Bonchev–Trinajstić information content (AvgIpc) is 3.09. The molecule has 0 bridgehead atoms. The maximum absolute atomic E-state index is 12.3. The zero-order chi connectivity index (χ0) is 18.4. The van der Waals surface area contributed by atoms with Crippen LogP contribution in [-0.4, -0.2) is 16.9 Å². The van der Waals surface area contributed by atoms with Crippen molar-refractivity contribution in [2.45, 2.75) is 32.2 Å². The van der Waals surface area contributed by atoms with E-state index in [0.29, 0.717) is 11.4 Å². The lowest BCUT2D eigenvalue weighted by atomic mass is 10.1. The minimum absolute atomic E-state index is 0.0125. The highest BCUT2D eigenvalue weighted by molar-refractivity contribution is 7.13. The summed E-state index contributed by atoms with van der Waals surface area (Å²) in [5.74, 6) is 0.0125. The Hall–Kier alpha value is -2.17. The van der Waals surface area contributed by atoms with Crippen LogP contribution in [0, 0.1) is 0 Å². The van der Waals surface area contributed by atoms with E-state index in [1.54, 1.807) is 11.3 Å². The first-order valence-electron chi connectivity index (χ1n) is 8.64. The Morgan fingerprint density at radius 1 is 1.15 bits per heavy atom. The highest BCUT2D eigenvalue weighted by Gasteiger charge is 2.11. The summed E-state index contributed by atoms with van der Waals surface area (Å²) in [4.78, 5) is 16.8. The van der Waals surface area contributed by atoms with Gasteiger partial charge in [0.1, 0.15) is 5.01 Å². The number of halogens is 1. The number of carbonyl (C=O) groups is 1. The van der Waals surface area contributed by atoms with Crippen molar-refractivity contribution < 1.29 is 4.79 Å². The average molecular weight is 385 g/mol. The van der Waals surface area contributed by atoms with Gasteiger partial charge in [-0.15, -0.1) is 11.3 Å². The smallest absolute Gasteiger partial charge is 0.226 e. The fraction of sp³-hybridized carbons (Fsp3) is 0.238. The van der Waals surface area contributed by atoms with Crippen LogP contribution in [0.1, 0.15) is 24.6 Å². The van der Waals surface area contributed by atoms with Gasteiger partial charge >= 0.3 is 0 Å². The summed E-state index contributed by atoms with van der Waals surface area (Å²) < 4.78 is 0. The molecule has 134 valence electrons. The molecule has 0 aliphatic carbocycles. The summed E-state index contributed by atoms with van der Waals surface area (Å²) in [7, 11) is 0. The lowest BCUT2D eigenvalue weighted by molar-refractivity contribution is -0.121. The van der Waals surface area contributed by atoms with Crippen LogP contribution >= 0.6 is 22.9 Å². The Bertz CT molecular complexity index is 846. The minimum Gasteiger partial charge on any atom is -0.353 e. The summed E-state index contributed by atoms with van der Waals surface area (Å²) in [6.45, 7) is 2.04. The van der Waals surface area contributed by atoms with Gasteiger partial charge < -0.3 is 5.32 Å². The van der Waals surface area contributed by atoms with E-state index < -0.39 is 0 Å². The third-order valence-electron chi connectivity index (χ3n) is 4.10. The van der Waals surface area contributed by atoms with E-state index >= 15 is 0 Å². The van der Waals surface area contributed by atoms with Gasteiger partial charge in [0.2, 0.25) is 5.91 Å². The SMILES string of the molecule is CC(CCc1ccccc1)NC(=O)Cc1csc(-c2ccc(Cl)cc2)n1. The van der Waals surface area contributed by atoms with Gasteiger partial charge in [-0.3, -0.25) is 4.79 Å². The van der Waals surface area contributed by atoms with Crippen LogP contribution in [0.3, 0.4) is 0 Å². The summed E-state index contributed by atoms with van der Waals surface area (Å²) in [6.07, 6.45) is 2.18. The van der Waals surface area contributed by atoms with E-state index in [1.165, 1.54) is 5.56 Å². The number of benzene rings is 2. The van der Waals surface area contributed by atoms with E-state index in [1.807, 2.05) is 54.8 Å². The first kappa shape index (κ1) is 18.6.